The van der Waals surface area contributed by atoms with Gasteiger partial charge in [-0.3, -0.25) is 9.59 Å². The van der Waals surface area contributed by atoms with Crippen LogP contribution in [0.1, 0.15) is 219 Å². The highest BCUT2D eigenvalue weighted by Gasteiger charge is 2.23. The first kappa shape index (κ1) is 41.0. The molecule has 2 N–H and O–H groups in total. The highest BCUT2D eigenvalue weighted by molar-refractivity contribution is 7.80. The van der Waals surface area contributed by atoms with Crippen LogP contribution in [0.3, 0.4) is 0 Å². The Bertz CT molecular complexity index is 579. The second-order valence-electron chi connectivity index (χ2n) is 12.9. The Hall–Kier alpha value is -0.970. The average molecular weight is 609 g/mol. The molecule has 0 heterocycles. The number of rotatable bonds is 32. The molecular formula is C37H72N2O2S. The molecule has 42 heavy (non-hydrogen) atoms. The van der Waals surface area contributed by atoms with E-state index in [1.807, 2.05) is 0 Å². The molecular weight excluding hydrogens is 536 g/mol. The fraction of sp³-hybridized carbons (Fsp3) is 0.919. The van der Waals surface area contributed by atoms with Crippen molar-refractivity contribution in [3.05, 3.63) is 0 Å². The highest BCUT2D eigenvalue weighted by atomic mass is 32.1. The first-order valence-corrected chi connectivity index (χ1v) is 19.1. The number of amides is 2. The maximum Gasteiger partial charge on any atom is 0.235 e. The van der Waals surface area contributed by atoms with Gasteiger partial charge >= 0.3 is 0 Å². The topological polar surface area (TPSA) is 63.4 Å². The van der Waals surface area contributed by atoms with Crippen LogP contribution in [-0.2, 0) is 9.59 Å². The predicted molar refractivity (Wildman–Crippen MR) is 188 cm³/mol. The highest BCUT2D eigenvalue weighted by Crippen LogP contribution is 2.16. The zero-order chi connectivity index (χ0) is 30.9. The van der Waals surface area contributed by atoms with Crippen molar-refractivity contribution in [2.75, 3.05) is 0 Å². The molecule has 0 saturated heterocycles. The van der Waals surface area contributed by atoms with Gasteiger partial charge in [-0.2, -0.15) is 0 Å². The van der Waals surface area contributed by atoms with Crippen LogP contribution in [0.2, 0.25) is 0 Å². The molecule has 5 heteroatoms. The van der Waals surface area contributed by atoms with Crippen molar-refractivity contribution in [3.8, 4) is 0 Å². The van der Waals surface area contributed by atoms with Crippen molar-refractivity contribution in [1.29, 1.82) is 0 Å². The average Bonchev–Trinajstić information content (AvgIpc) is 2.97. The number of nitrogens with two attached hydrogens (primary N) is 1. The van der Waals surface area contributed by atoms with Gasteiger partial charge in [0.1, 0.15) is 0 Å². The second kappa shape index (κ2) is 32.9. The van der Waals surface area contributed by atoms with Gasteiger partial charge in [-0.1, -0.05) is 194 Å². The van der Waals surface area contributed by atoms with E-state index in [1.54, 1.807) is 0 Å². The van der Waals surface area contributed by atoms with Crippen molar-refractivity contribution >= 4 is 29.1 Å². The first-order valence-electron chi connectivity index (χ1n) is 18.7. The summed E-state index contributed by atoms with van der Waals surface area (Å²) in [6.45, 7) is 4.55. The van der Waals surface area contributed by atoms with Crippen molar-refractivity contribution in [2.45, 2.75) is 219 Å². The summed E-state index contributed by atoms with van der Waals surface area (Å²) in [4.78, 5) is 26.4. The molecule has 0 radical (unpaired) electrons. The molecule has 248 valence electrons. The van der Waals surface area contributed by atoms with E-state index in [9.17, 15) is 9.59 Å². The minimum Gasteiger partial charge on any atom is -0.375 e. The number of hydrogen-bond acceptors (Lipinski definition) is 3. The molecule has 0 aliphatic heterocycles. The number of carbonyl (C=O) groups is 2. The summed E-state index contributed by atoms with van der Waals surface area (Å²) in [5.41, 5.74) is 5.77. The molecule has 0 unspecified atom stereocenters. The Labute approximate surface area is 268 Å². The summed E-state index contributed by atoms with van der Waals surface area (Å²) in [5.74, 6) is -0.439. The Morgan fingerprint density at radius 2 is 0.595 bits per heavy atom. The van der Waals surface area contributed by atoms with Gasteiger partial charge in [-0.05, 0) is 25.1 Å². The fourth-order valence-corrected chi connectivity index (χ4v) is 6.11. The smallest absolute Gasteiger partial charge is 0.235 e. The molecule has 0 aromatic rings. The van der Waals surface area contributed by atoms with E-state index in [4.69, 9.17) is 18.0 Å². The molecule has 0 spiro atoms. The minimum atomic E-state index is -0.219. The standard InChI is InChI=1S/C37H72N2O2S/c1-3-5-7-9-11-13-15-17-19-21-23-25-27-29-31-33-35(40)39(37(38)42)36(41)34-32-30-28-26-24-22-20-18-16-14-12-10-8-6-4-2/h3-34H2,1-2H3,(H2,38,42). The van der Waals surface area contributed by atoms with Crippen LogP contribution >= 0.6 is 12.2 Å². The Morgan fingerprint density at radius 1 is 0.405 bits per heavy atom. The van der Waals surface area contributed by atoms with Gasteiger partial charge in [0, 0.05) is 12.8 Å². The molecule has 0 bridgehead atoms. The van der Waals surface area contributed by atoms with Crippen LogP contribution in [0, 0.1) is 0 Å². The van der Waals surface area contributed by atoms with E-state index in [1.165, 1.54) is 154 Å². The molecule has 0 saturated carbocycles. The normalized spacial score (nSPS) is 11.2. The lowest BCUT2D eigenvalue weighted by molar-refractivity contribution is -0.139. The van der Waals surface area contributed by atoms with E-state index in [2.05, 4.69) is 13.8 Å². The van der Waals surface area contributed by atoms with Gasteiger partial charge in [-0.15, -0.1) is 0 Å². The van der Waals surface area contributed by atoms with E-state index in [0.717, 1.165) is 43.4 Å². The van der Waals surface area contributed by atoms with Gasteiger partial charge < -0.3 is 5.73 Å². The Kier molecular flexibility index (Phi) is 32.2. The summed E-state index contributed by atoms with van der Waals surface area (Å²) >= 11 is 5.05. The van der Waals surface area contributed by atoms with Gasteiger partial charge in [0.25, 0.3) is 0 Å². The number of carbonyl (C=O) groups excluding carboxylic acids is 2. The van der Waals surface area contributed by atoms with Crippen LogP contribution < -0.4 is 5.73 Å². The van der Waals surface area contributed by atoms with E-state index in [-0.39, 0.29) is 16.9 Å². The molecule has 0 rings (SSSR count). The third-order valence-electron chi connectivity index (χ3n) is 8.71. The molecule has 0 aliphatic carbocycles. The van der Waals surface area contributed by atoms with Crippen LogP contribution in [0.15, 0.2) is 0 Å². The summed E-state index contributed by atoms with van der Waals surface area (Å²) in [6.07, 6.45) is 39.4. The van der Waals surface area contributed by atoms with Crippen molar-refractivity contribution < 1.29 is 9.59 Å². The lowest BCUT2D eigenvalue weighted by atomic mass is 10.0. The fourth-order valence-electron chi connectivity index (χ4n) is 5.90. The first-order chi connectivity index (χ1) is 20.5. The van der Waals surface area contributed by atoms with E-state index >= 15 is 0 Å². The molecule has 0 aliphatic rings. The summed E-state index contributed by atoms with van der Waals surface area (Å²) < 4.78 is 0. The molecule has 0 aromatic carbocycles. The molecule has 0 aromatic heterocycles. The minimum absolute atomic E-state index is 0.0908. The zero-order valence-corrected chi connectivity index (χ0v) is 29.2. The van der Waals surface area contributed by atoms with Gasteiger partial charge in [-0.25, -0.2) is 4.90 Å². The molecule has 0 atom stereocenters. The van der Waals surface area contributed by atoms with Crippen molar-refractivity contribution in [1.82, 2.24) is 4.90 Å². The third kappa shape index (κ3) is 27.8. The van der Waals surface area contributed by atoms with Crippen molar-refractivity contribution in [3.63, 3.8) is 0 Å². The SMILES string of the molecule is CCCCCCCCCCCCCCCCCC(=O)N(C(=O)CCCCCCCCCCCCCCCCC)C(N)=S. The quantitative estimate of drug-likeness (QED) is 0.0609. The van der Waals surface area contributed by atoms with Crippen LogP contribution in [0.5, 0.6) is 0 Å². The van der Waals surface area contributed by atoms with Crippen LogP contribution in [0.4, 0.5) is 0 Å². The van der Waals surface area contributed by atoms with Gasteiger partial charge in [0.15, 0.2) is 5.11 Å². The van der Waals surface area contributed by atoms with E-state index in [0.29, 0.717) is 12.8 Å². The zero-order valence-electron chi connectivity index (χ0n) is 28.4. The largest absolute Gasteiger partial charge is 0.375 e. The van der Waals surface area contributed by atoms with E-state index < -0.39 is 0 Å². The lowest BCUT2D eigenvalue weighted by Crippen LogP contribution is -2.44. The maximum absolute atomic E-state index is 12.7. The molecule has 4 nitrogen and oxygen atoms in total. The number of unbranched alkanes of at least 4 members (excludes halogenated alkanes) is 28. The Balaban J connectivity index is 3.66. The second-order valence-corrected chi connectivity index (χ2v) is 13.3. The van der Waals surface area contributed by atoms with Crippen LogP contribution in [0.25, 0.3) is 0 Å². The number of nitrogens with zero attached hydrogens (tertiary/aromatic N) is 1. The number of hydrogen-bond donors (Lipinski definition) is 1. The van der Waals surface area contributed by atoms with Crippen molar-refractivity contribution in [2.24, 2.45) is 5.73 Å². The summed E-state index contributed by atoms with van der Waals surface area (Å²) in [5, 5.41) is -0.0908. The summed E-state index contributed by atoms with van der Waals surface area (Å²) in [6, 6.07) is 0. The number of thiocarbonyl (C=S) groups is 1. The van der Waals surface area contributed by atoms with Gasteiger partial charge in [0.2, 0.25) is 11.8 Å². The monoisotopic (exact) mass is 609 g/mol. The Morgan fingerprint density at radius 3 is 0.786 bits per heavy atom. The molecule has 2 amide bonds. The van der Waals surface area contributed by atoms with Gasteiger partial charge in [0.05, 0.1) is 0 Å². The number of imide groups is 1. The summed E-state index contributed by atoms with van der Waals surface area (Å²) in [7, 11) is 0. The maximum atomic E-state index is 12.7. The third-order valence-corrected chi connectivity index (χ3v) is 8.89. The van der Waals surface area contributed by atoms with Crippen LogP contribution in [-0.4, -0.2) is 21.8 Å². The molecule has 0 fully saturated rings. The lowest BCUT2D eigenvalue weighted by Gasteiger charge is -2.19. The predicted octanol–water partition coefficient (Wildman–Crippen LogP) is 12.1.